The first-order valence-corrected chi connectivity index (χ1v) is 7.06. The molecular weight excluding hydrogens is 272 g/mol. The van der Waals surface area contributed by atoms with Gasteiger partial charge in [-0.2, -0.15) is 0 Å². The lowest BCUT2D eigenvalue weighted by atomic mass is 9.94. The van der Waals surface area contributed by atoms with E-state index in [1.54, 1.807) is 13.8 Å². The van der Waals surface area contributed by atoms with Crippen molar-refractivity contribution < 1.29 is 19.1 Å². The highest BCUT2D eigenvalue weighted by molar-refractivity contribution is 6.04. The number of aryl methyl sites for hydroxylation is 1. The van der Waals surface area contributed by atoms with Crippen molar-refractivity contribution >= 4 is 17.7 Å². The molecular formula is C15H20N2O4. The minimum absolute atomic E-state index is 0.0898. The smallest absolute Gasteiger partial charge is 0.310 e. The Morgan fingerprint density at radius 2 is 2.10 bits per heavy atom. The van der Waals surface area contributed by atoms with Crippen molar-refractivity contribution in [1.29, 1.82) is 0 Å². The Labute approximate surface area is 123 Å². The van der Waals surface area contributed by atoms with Crippen molar-refractivity contribution in [3.63, 3.8) is 0 Å². The van der Waals surface area contributed by atoms with Gasteiger partial charge in [0.1, 0.15) is 5.69 Å². The van der Waals surface area contributed by atoms with Gasteiger partial charge >= 0.3 is 5.97 Å². The minimum atomic E-state index is -0.412. The third-order valence-electron chi connectivity index (χ3n) is 3.84. The molecule has 21 heavy (non-hydrogen) atoms. The van der Waals surface area contributed by atoms with Crippen molar-refractivity contribution in [1.82, 2.24) is 10.3 Å². The van der Waals surface area contributed by atoms with E-state index < -0.39 is 5.92 Å². The van der Waals surface area contributed by atoms with Crippen LogP contribution in [0, 0.1) is 12.8 Å². The van der Waals surface area contributed by atoms with Crippen LogP contribution in [-0.4, -0.2) is 36.3 Å². The van der Waals surface area contributed by atoms with Gasteiger partial charge in [-0.3, -0.25) is 14.4 Å². The number of rotatable bonds is 4. The molecule has 0 saturated carbocycles. The number of carbonyl (C=O) groups excluding carboxylic acids is 3. The van der Waals surface area contributed by atoms with Crippen LogP contribution in [-0.2, 0) is 16.0 Å². The van der Waals surface area contributed by atoms with Crippen LogP contribution >= 0.6 is 0 Å². The van der Waals surface area contributed by atoms with Gasteiger partial charge in [-0.1, -0.05) is 6.92 Å². The number of ether oxygens (including phenoxy) is 1. The molecule has 6 heteroatoms. The van der Waals surface area contributed by atoms with E-state index in [2.05, 4.69) is 15.0 Å². The number of aromatic nitrogens is 1. The Morgan fingerprint density at radius 3 is 2.71 bits per heavy atom. The van der Waals surface area contributed by atoms with E-state index in [4.69, 9.17) is 0 Å². The number of Topliss-reactive ketones (excluding diaryl/α,β-unsaturated/α-hetero) is 1. The maximum atomic E-state index is 12.2. The predicted molar refractivity (Wildman–Crippen MR) is 76.3 cm³/mol. The molecule has 1 atom stereocenters. The van der Waals surface area contributed by atoms with E-state index in [1.807, 2.05) is 0 Å². The van der Waals surface area contributed by atoms with Crippen LogP contribution < -0.4 is 5.32 Å². The third-order valence-corrected chi connectivity index (χ3v) is 3.84. The van der Waals surface area contributed by atoms with Crippen LogP contribution in [0.15, 0.2) is 0 Å². The molecule has 6 nitrogen and oxygen atoms in total. The maximum absolute atomic E-state index is 12.2. The lowest BCUT2D eigenvalue weighted by molar-refractivity contribution is -0.144. The first-order chi connectivity index (χ1) is 9.95. The molecule has 2 rings (SSSR count). The molecule has 1 aliphatic rings. The average molecular weight is 292 g/mol. The molecule has 0 aromatic carbocycles. The van der Waals surface area contributed by atoms with E-state index >= 15 is 0 Å². The Hall–Kier alpha value is -2.11. The summed E-state index contributed by atoms with van der Waals surface area (Å²) < 4.78 is 4.61. The van der Waals surface area contributed by atoms with Gasteiger partial charge in [-0.25, -0.2) is 0 Å². The summed E-state index contributed by atoms with van der Waals surface area (Å²) in [5.41, 5.74) is 2.60. The van der Waals surface area contributed by atoms with Crippen molar-refractivity contribution in [2.45, 2.75) is 33.1 Å². The average Bonchev–Trinajstić information content (AvgIpc) is 2.82. The summed E-state index contributed by atoms with van der Waals surface area (Å²) in [7, 11) is 1.31. The second-order valence-electron chi connectivity index (χ2n) is 5.39. The fourth-order valence-corrected chi connectivity index (χ4v) is 2.62. The van der Waals surface area contributed by atoms with Crippen molar-refractivity contribution in [3.05, 3.63) is 22.5 Å². The fraction of sp³-hybridized carbons (Fsp3) is 0.533. The second-order valence-corrected chi connectivity index (χ2v) is 5.39. The maximum Gasteiger partial charge on any atom is 0.310 e. The van der Waals surface area contributed by atoms with Crippen molar-refractivity contribution in [2.24, 2.45) is 5.92 Å². The molecule has 0 unspecified atom stereocenters. The van der Waals surface area contributed by atoms with Gasteiger partial charge in [0.2, 0.25) is 0 Å². The van der Waals surface area contributed by atoms with Gasteiger partial charge < -0.3 is 15.0 Å². The molecule has 114 valence electrons. The Balaban J connectivity index is 2.10. The summed E-state index contributed by atoms with van der Waals surface area (Å²) in [6, 6.07) is 0. The van der Waals surface area contributed by atoms with E-state index in [1.165, 1.54) is 7.11 Å². The molecule has 0 radical (unpaired) electrons. The third kappa shape index (κ3) is 2.99. The number of fused-ring (bicyclic) bond motifs is 1. The second kappa shape index (κ2) is 6.11. The largest absolute Gasteiger partial charge is 0.469 e. The monoisotopic (exact) mass is 292 g/mol. The predicted octanol–water partition coefficient (Wildman–Crippen LogP) is 1.38. The van der Waals surface area contributed by atoms with E-state index in [0.29, 0.717) is 23.2 Å². The zero-order valence-corrected chi connectivity index (χ0v) is 12.5. The minimum Gasteiger partial charge on any atom is -0.469 e. The highest BCUT2D eigenvalue weighted by Crippen LogP contribution is 2.26. The highest BCUT2D eigenvalue weighted by atomic mass is 16.5. The topological polar surface area (TPSA) is 88.3 Å². The number of amides is 1. The Kier molecular flexibility index (Phi) is 4.45. The van der Waals surface area contributed by atoms with Gasteiger partial charge in [0, 0.05) is 24.2 Å². The van der Waals surface area contributed by atoms with Crippen LogP contribution in [0.4, 0.5) is 0 Å². The molecule has 1 aliphatic carbocycles. The molecule has 0 aliphatic heterocycles. The molecule has 1 amide bonds. The summed E-state index contributed by atoms with van der Waals surface area (Å²) >= 11 is 0. The SMILES string of the molecule is COC(=O)[C@H](C)CNC(=O)c1[nH]c2c(c1C)C(=O)CCC2. The molecule has 1 heterocycles. The van der Waals surface area contributed by atoms with Gasteiger partial charge in [-0.05, 0) is 25.3 Å². The van der Waals surface area contributed by atoms with Crippen LogP contribution in [0.5, 0.6) is 0 Å². The Bertz CT molecular complexity index is 589. The van der Waals surface area contributed by atoms with Crippen molar-refractivity contribution in [3.8, 4) is 0 Å². The first-order valence-electron chi connectivity index (χ1n) is 7.06. The fourth-order valence-electron chi connectivity index (χ4n) is 2.62. The summed E-state index contributed by atoms with van der Waals surface area (Å²) in [6.45, 7) is 3.65. The summed E-state index contributed by atoms with van der Waals surface area (Å²) in [6.07, 6.45) is 2.13. The number of hydrogen-bond donors (Lipinski definition) is 2. The lowest BCUT2D eigenvalue weighted by Gasteiger charge is -2.10. The summed E-state index contributed by atoms with van der Waals surface area (Å²) in [4.78, 5) is 38.5. The van der Waals surface area contributed by atoms with Gasteiger partial charge in [-0.15, -0.1) is 0 Å². The number of ketones is 1. The number of H-pyrrole nitrogens is 1. The zero-order valence-electron chi connectivity index (χ0n) is 12.5. The highest BCUT2D eigenvalue weighted by Gasteiger charge is 2.26. The zero-order chi connectivity index (χ0) is 15.6. The standard InChI is InChI=1S/C15H20N2O4/c1-8(15(20)21-3)7-16-14(19)13-9(2)12-10(17-13)5-4-6-11(12)18/h8,17H,4-7H2,1-3H3,(H,16,19)/t8-/m1/s1. The quantitative estimate of drug-likeness (QED) is 0.821. The van der Waals surface area contributed by atoms with E-state index in [0.717, 1.165) is 18.5 Å². The number of nitrogens with one attached hydrogen (secondary N) is 2. The number of esters is 1. The lowest BCUT2D eigenvalue weighted by Crippen LogP contribution is -2.32. The number of hydrogen-bond acceptors (Lipinski definition) is 4. The molecule has 0 spiro atoms. The summed E-state index contributed by atoms with van der Waals surface area (Å²) in [5, 5.41) is 2.70. The number of carbonyl (C=O) groups is 3. The molecule has 1 aromatic heterocycles. The van der Waals surface area contributed by atoms with E-state index in [9.17, 15) is 14.4 Å². The van der Waals surface area contributed by atoms with Crippen LogP contribution in [0.25, 0.3) is 0 Å². The van der Waals surface area contributed by atoms with Crippen molar-refractivity contribution in [2.75, 3.05) is 13.7 Å². The molecule has 2 N–H and O–H groups in total. The number of aromatic amines is 1. The normalized spacial score (nSPS) is 15.3. The van der Waals surface area contributed by atoms with E-state index in [-0.39, 0.29) is 24.2 Å². The van der Waals surface area contributed by atoms with Gasteiger partial charge in [0.05, 0.1) is 13.0 Å². The van der Waals surface area contributed by atoms with Crippen LogP contribution in [0.3, 0.4) is 0 Å². The molecule has 0 saturated heterocycles. The molecule has 0 bridgehead atoms. The first kappa shape index (κ1) is 15.3. The molecule has 0 fully saturated rings. The van der Waals surface area contributed by atoms with Gasteiger partial charge in [0.25, 0.3) is 5.91 Å². The molecule has 1 aromatic rings. The summed E-state index contributed by atoms with van der Waals surface area (Å²) in [5.74, 6) is -0.990. The van der Waals surface area contributed by atoms with Crippen LogP contribution in [0.2, 0.25) is 0 Å². The Morgan fingerprint density at radius 1 is 1.38 bits per heavy atom. The van der Waals surface area contributed by atoms with Gasteiger partial charge in [0.15, 0.2) is 5.78 Å². The number of methoxy groups -OCH3 is 1. The van der Waals surface area contributed by atoms with Crippen LogP contribution in [0.1, 0.15) is 51.9 Å².